The number of nitrogens with zero attached hydrogens (tertiary/aromatic N) is 1. The average Bonchev–Trinajstić information content (AvgIpc) is 2.32. The van der Waals surface area contributed by atoms with Crippen LogP contribution in [-0.2, 0) is 4.74 Å². The lowest BCUT2D eigenvalue weighted by Gasteiger charge is -2.37. The first-order valence-electron chi connectivity index (χ1n) is 6.61. The van der Waals surface area contributed by atoms with Crippen molar-refractivity contribution >= 4 is 0 Å². The fourth-order valence-electron chi connectivity index (χ4n) is 3.34. The van der Waals surface area contributed by atoms with Gasteiger partial charge >= 0.3 is 0 Å². The standard InChI is InChI=1S/C13H25NO.CH4/c1-15-11-14-9-7-13(8-10-14)12-5-3-2-4-6-12;/h12-13H,2-11H2,1H3;1H4. The quantitative estimate of drug-likeness (QED) is 0.731. The molecule has 2 fully saturated rings. The van der Waals surface area contributed by atoms with E-state index in [9.17, 15) is 0 Å². The highest BCUT2D eigenvalue weighted by Crippen LogP contribution is 2.35. The van der Waals surface area contributed by atoms with Crippen LogP contribution in [0.15, 0.2) is 0 Å². The summed E-state index contributed by atoms with van der Waals surface area (Å²) in [6.45, 7) is 3.35. The van der Waals surface area contributed by atoms with Crippen molar-refractivity contribution in [3.05, 3.63) is 0 Å². The van der Waals surface area contributed by atoms with Crippen LogP contribution in [0, 0.1) is 11.8 Å². The van der Waals surface area contributed by atoms with E-state index in [0.717, 1.165) is 18.6 Å². The predicted molar refractivity (Wildman–Crippen MR) is 69.5 cm³/mol. The van der Waals surface area contributed by atoms with Crippen LogP contribution in [0.1, 0.15) is 52.4 Å². The topological polar surface area (TPSA) is 12.5 Å². The van der Waals surface area contributed by atoms with Crippen LogP contribution in [0.5, 0.6) is 0 Å². The van der Waals surface area contributed by atoms with Crippen molar-refractivity contribution < 1.29 is 4.74 Å². The smallest absolute Gasteiger partial charge is 0.0986 e. The van der Waals surface area contributed by atoms with Crippen LogP contribution >= 0.6 is 0 Å². The zero-order valence-electron chi connectivity index (χ0n) is 10.1. The third-order valence-electron chi connectivity index (χ3n) is 4.26. The van der Waals surface area contributed by atoms with Gasteiger partial charge < -0.3 is 4.74 Å². The predicted octanol–water partition coefficient (Wildman–Crippen LogP) is 3.52. The Hall–Kier alpha value is -0.0800. The molecule has 1 saturated heterocycles. The molecule has 1 aliphatic heterocycles. The highest BCUT2D eigenvalue weighted by Gasteiger charge is 2.27. The number of piperidine rings is 1. The molecule has 0 N–H and O–H groups in total. The van der Waals surface area contributed by atoms with Gasteiger partial charge in [-0.1, -0.05) is 39.5 Å². The van der Waals surface area contributed by atoms with E-state index in [1.807, 2.05) is 0 Å². The van der Waals surface area contributed by atoms with E-state index >= 15 is 0 Å². The van der Waals surface area contributed by atoms with Crippen molar-refractivity contribution in [2.24, 2.45) is 11.8 Å². The van der Waals surface area contributed by atoms with Gasteiger partial charge in [-0.25, -0.2) is 0 Å². The molecule has 0 bridgehead atoms. The number of ether oxygens (including phenoxy) is 1. The van der Waals surface area contributed by atoms with Crippen LogP contribution in [0.25, 0.3) is 0 Å². The van der Waals surface area contributed by atoms with Gasteiger partial charge in [0, 0.05) is 20.2 Å². The summed E-state index contributed by atoms with van der Waals surface area (Å²) in [5, 5.41) is 0. The Balaban J connectivity index is 0.00000128. The van der Waals surface area contributed by atoms with Crippen LogP contribution in [0.2, 0.25) is 0 Å². The van der Waals surface area contributed by atoms with Crippen molar-refractivity contribution in [3.63, 3.8) is 0 Å². The number of likely N-dealkylation sites (tertiary alicyclic amines) is 1. The Morgan fingerprint density at radius 3 is 2.06 bits per heavy atom. The van der Waals surface area contributed by atoms with E-state index in [-0.39, 0.29) is 7.43 Å². The maximum absolute atomic E-state index is 5.19. The Labute approximate surface area is 101 Å². The molecule has 0 radical (unpaired) electrons. The Morgan fingerprint density at radius 1 is 0.938 bits per heavy atom. The van der Waals surface area contributed by atoms with E-state index in [1.54, 1.807) is 7.11 Å². The van der Waals surface area contributed by atoms with Gasteiger partial charge in [-0.05, 0) is 24.7 Å². The highest BCUT2D eigenvalue weighted by molar-refractivity contribution is 4.79. The van der Waals surface area contributed by atoms with E-state index in [1.165, 1.54) is 58.0 Å². The molecular weight excluding hydrogens is 198 g/mol. The summed E-state index contributed by atoms with van der Waals surface area (Å²) in [7, 11) is 1.80. The van der Waals surface area contributed by atoms with Crippen molar-refractivity contribution in [1.29, 1.82) is 0 Å². The third kappa shape index (κ3) is 3.74. The summed E-state index contributed by atoms with van der Waals surface area (Å²) in [5.41, 5.74) is 0. The molecule has 2 aliphatic rings. The minimum Gasteiger partial charge on any atom is -0.369 e. The van der Waals surface area contributed by atoms with Gasteiger partial charge in [0.15, 0.2) is 0 Å². The van der Waals surface area contributed by atoms with Crippen LogP contribution in [0.4, 0.5) is 0 Å². The Kier molecular flexibility index (Phi) is 6.37. The zero-order valence-corrected chi connectivity index (χ0v) is 10.1. The van der Waals surface area contributed by atoms with Crippen LogP contribution in [0.3, 0.4) is 0 Å². The van der Waals surface area contributed by atoms with E-state index in [2.05, 4.69) is 4.90 Å². The molecule has 1 saturated carbocycles. The molecule has 0 aromatic heterocycles. The van der Waals surface area contributed by atoms with Gasteiger partial charge in [0.05, 0.1) is 6.73 Å². The first-order valence-corrected chi connectivity index (χ1v) is 6.61. The molecular formula is C14H29NO. The van der Waals surface area contributed by atoms with Crippen molar-refractivity contribution in [1.82, 2.24) is 4.90 Å². The number of hydrogen-bond donors (Lipinski definition) is 0. The summed E-state index contributed by atoms with van der Waals surface area (Å²) in [6.07, 6.45) is 10.3. The fourth-order valence-corrected chi connectivity index (χ4v) is 3.34. The van der Waals surface area contributed by atoms with Gasteiger partial charge in [-0.3, -0.25) is 4.90 Å². The monoisotopic (exact) mass is 227 g/mol. The second-order valence-electron chi connectivity index (χ2n) is 5.27. The molecule has 0 aromatic rings. The lowest BCUT2D eigenvalue weighted by molar-refractivity contribution is 0.0278. The first kappa shape index (κ1) is 14.0. The van der Waals surface area contributed by atoms with Crippen molar-refractivity contribution in [2.75, 3.05) is 26.9 Å². The lowest BCUT2D eigenvalue weighted by Crippen LogP contribution is -2.37. The summed E-state index contributed by atoms with van der Waals surface area (Å²) in [5.74, 6) is 2.09. The number of hydrogen-bond acceptors (Lipinski definition) is 2. The van der Waals surface area contributed by atoms with Gasteiger partial charge in [-0.15, -0.1) is 0 Å². The number of rotatable bonds is 3. The van der Waals surface area contributed by atoms with Crippen molar-refractivity contribution in [3.8, 4) is 0 Å². The van der Waals surface area contributed by atoms with Crippen LogP contribution < -0.4 is 0 Å². The SMILES string of the molecule is C.COCN1CCC(C2CCCCC2)CC1. The Morgan fingerprint density at radius 2 is 1.50 bits per heavy atom. The minimum absolute atomic E-state index is 0. The molecule has 2 rings (SSSR count). The second-order valence-corrected chi connectivity index (χ2v) is 5.27. The fraction of sp³-hybridized carbons (Fsp3) is 1.00. The van der Waals surface area contributed by atoms with Gasteiger partial charge in [-0.2, -0.15) is 0 Å². The van der Waals surface area contributed by atoms with Crippen LogP contribution in [-0.4, -0.2) is 31.8 Å². The molecule has 1 heterocycles. The largest absolute Gasteiger partial charge is 0.369 e. The third-order valence-corrected chi connectivity index (χ3v) is 4.26. The summed E-state index contributed by atoms with van der Waals surface area (Å²) in [6, 6.07) is 0. The first-order chi connectivity index (χ1) is 7.40. The summed E-state index contributed by atoms with van der Waals surface area (Å²) < 4.78 is 5.19. The Bertz CT molecular complexity index is 170. The van der Waals surface area contributed by atoms with E-state index < -0.39 is 0 Å². The van der Waals surface area contributed by atoms with Crippen molar-refractivity contribution in [2.45, 2.75) is 52.4 Å². The molecule has 1 aliphatic carbocycles. The maximum Gasteiger partial charge on any atom is 0.0986 e. The molecule has 0 aromatic carbocycles. The molecule has 2 nitrogen and oxygen atoms in total. The molecule has 0 spiro atoms. The molecule has 0 amide bonds. The molecule has 2 heteroatoms. The molecule has 0 unspecified atom stereocenters. The van der Waals surface area contributed by atoms with Gasteiger partial charge in [0.25, 0.3) is 0 Å². The molecule has 0 atom stereocenters. The minimum atomic E-state index is 0. The zero-order chi connectivity index (χ0) is 10.5. The molecule has 96 valence electrons. The maximum atomic E-state index is 5.19. The summed E-state index contributed by atoms with van der Waals surface area (Å²) >= 11 is 0. The van der Waals surface area contributed by atoms with E-state index in [0.29, 0.717) is 0 Å². The second kappa shape index (κ2) is 7.29. The molecule has 16 heavy (non-hydrogen) atoms. The summed E-state index contributed by atoms with van der Waals surface area (Å²) in [4.78, 5) is 2.44. The van der Waals surface area contributed by atoms with Gasteiger partial charge in [0.1, 0.15) is 0 Å². The number of methoxy groups -OCH3 is 1. The average molecular weight is 227 g/mol. The lowest BCUT2D eigenvalue weighted by atomic mass is 9.76. The van der Waals surface area contributed by atoms with Gasteiger partial charge in [0.2, 0.25) is 0 Å². The van der Waals surface area contributed by atoms with E-state index in [4.69, 9.17) is 4.74 Å². The normalized spacial score (nSPS) is 25.3. The highest BCUT2D eigenvalue weighted by atomic mass is 16.5.